The second-order valence-corrected chi connectivity index (χ2v) is 4.84. The fourth-order valence-corrected chi connectivity index (χ4v) is 2.03. The third-order valence-corrected chi connectivity index (χ3v) is 3.18. The minimum atomic E-state index is -0.220. The molecule has 2 rings (SSSR count). The van der Waals surface area contributed by atoms with Gasteiger partial charge in [0.1, 0.15) is 5.71 Å². The molecule has 1 aliphatic heterocycles. The average molecular weight is 273 g/mol. The molecule has 0 saturated heterocycles. The van der Waals surface area contributed by atoms with Crippen LogP contribution < -0.4 is 10.7 Å². The van der Waals surface area contributed by atoms with Gasteiger partial charge in [0.2, 0.25) is 5.91 Å². The lowest BCUT2D eigenvalue weighted by atomic mass is 10.1. The largest absolute Gasteiger partial charge is 0.347 e. The van der Waals surface area contributed by atoms with Crippen LogP contribution in [0.1, 0.15) is 37.3 Å². The number of hydrazone groups is 1. The molecule has 5 heteroatoms. The van der Waals surface area contributed by atoms with Crippen molar-refractivity contribution in [3.8, 4) is 0 Å². The van der Waals surface area contributed by atoms with E-state index in [0.717, 1.165) is 18.4 Å². The van der Waals surface area contributed by atoms with Crippen LogP contribution >= 0.6 is 0 Å². The minimum Gasteiger partial charge on any atom is -0.347 e. The van der Waals surface area contributed by atoms with Crippen molar-refractivity contribution in [2.24, 2.45) is 5.10 Å². The van der Waals surface area contributed by atoms with Crippen LogP contribution in [0.4, 0.5) is 0 Å². The normalized spacial score (nSPS) is 14.4. The SMILES string of the molecule is CCCc1ccc(CNC(=O)C2=NNC(=O)CC2)cc1. The maximum absolute atomic E-state index is 11.9. The lowest BCUT2D eigenvalue weighted by Gasteiger charge is -2.12. The molecule has 2 N–H and O–H groups in total. The number of rotatable bonds is 5. The monoisotopic (exact) mass is 273 g/mol. The Bertz CT molecular complexity index is 520. The highest BCUT2D eigenvalue weighted by Crippen LogP contribution is 2.07. The molecule has 0 bridgehead atoms. The van der Waals surface area contributed by atoms with Gasteiger partial charge in [-0.2, -0.15) is 5.10 Å². The van der Waals surface area contributed by atoms with Crippen molar-refractivity contribution in [1.82, 2.24) is 10.7 Å². The lowest BCUT2D eigenvalue weighted by Crippen LogP contribution is -2.36. The quantitative estimate of drug-likeness (QED) is 0.854. The van der Waals surface area contributed by atoms with Gasteiger partial charge in [-0.3, -0.25) is 9.59 Å². The van der Waals surface area contributed by atoms with Gasteiger partial charge in [-0.1, -0.05) is 37.6 Å². The van der Waals surface area contributed by atoms with E-state index >= 15 is 0 Å². The van der Waals surface area contributed by atoms with Crippen LogP contribution in [-0.4, -0.2) is 17.5 Å². The number of benzene rings is 1. The molecule has 1 aromatic carbocycles. The van der Waals surface area contributed by atoms with Crippen LogP contribution in [-0.2, 0) is 22.6 Å². The summed E-state index contributed by atoms with van der Waals surface area (Å²) in [5.74, 6) is -0.365. The summed E-state index contributed by atoms with van der Waals surface area (Å²) in [7, 11) is 0. The molecule has 106 valence electrons. The topological polar surface area (TPSA) is 70.6 Å². The zero-order valence-corrected chi connectivity index (χ0v) is 11.6. The molecule has 5 nitrogen and oxygen atoms in total. The number of hydrogen-bond donors (Lipinski definition) is 2. The molecule has 1 heterocycles. The molecular formula is C15H19N3O2. The van der Waals surface area contributed by atoms with Crippen molar-refractivity contribution in [2.75, 3.05) is 0 Å². The molecule has 1 aromatic rings. The van der Waals surface area contributed by atoms with E-state index in [2.05, 4.69) is 34.9 Å². The van der Waals surface area contributed by atoms with E-state index in [1.54, 1.807) is 0 Å². The molecule has 0 atom stereocenters. The van der Waals surface area contributed by atoms with Gasteiger partial charge in [-0.15, -0.1) is 0 Å². The number of carbonyl (C=O) groups is 2. The number of amides is 2. The molecule has 0 aromatic heterocycles. The maximum Gasteiger partial charge on any atom is 0.267 e. The summed E-state index contributed by atoms with van der Waals surface area (Å²) in [4.78, 5) is 22.8. The van der Waals surface area contributed by atoms with Crippen LogP contribution in [0.2, 0.25) is 0 Å². The van der Waals surface area contributed by atoms with Gasteiger partial charge in [0, 0.05) is 19.4 Å². The number of aryl methyl sites for hydroxylation is 1. The summed E-state index contributed by atoms with van der Waals surface area (Å²) in [5, 5.41) is 6.58. The van der Waals surface area contributed by atoms with Gasteiger partial charge in [0.25, 0.3) is 5.91 Å². The minimum absolute atomic E-state index is 0.145. The first-order valence-electron chi connectivity index (χ1n) is 6.90. The number of nitrogens with one attached hydrogen (secondary N) is 2. The number of nitrogens with zero attached hydrogens (tertiary/aromatic N) is 1. The summed E-state index contributed by atoms with van der Waals surface area (Å²) < 4.78 is 0. The van der Waals surface area contributed by atoms with E-state index in [-0.39, 0.29) is 11.8 Å². The summed E-state index contributed by atoms with van der Waals surface area (Å²) in [6.07, 6.45) is 2.91. The van der Waals surface area contributed by atoms with Gasteiger partial charge < -0.3 is 5.32 Å². The van der Waals surface area contributed by atoms with E-state index in [1.807, 2.05) is 12.1 Å². The predicted molar refractivity (Wildman–Crippen MR) is 77.1 cm³/mol. The van der Waals surface area contributed by atoms with E-state index in [9.17, 15) is 9.59 Å². The lowest BCUT2D eigenvalue weighted by molar-refractivity contribution is -0.121. The Balaban J connectivity index is 1.85. The van der Waals surface area contributed by atoms with E-state index in [1.165, 1.54) is 5.56 Å². The van der Waals surface area contributed by atoms with Crippen LogP contribution in [0.5, 0.6) is 0 Å². The van der Waals surface area contributed by atoms with Gasteiger partial charge in [-0.05, 0) is 17.5 Å². The van der Waals surface area contributed by atoms with Crippen molar-refractivity contribution in [3.63, 3.8) is 0 Å². The molecular weight excluding hydrogens is 254 g/mol. The van der Waals surface area contributed by atoms with Crippen LogP contribution in [0.3, 0.4) is 0 Å². The Morgan fingerprint density at radius 1 is 1.25 bits per heavy atom. The summed E-state index contributed by atoms with van der Waals surface area (Å²) in [5.41, 5.74) is 5.06. The van der Waals surface area contributed by atoms with Crippen molar-refractivity contribution in [1.29, 1.82) is 0 Å². The smallest absolute Gasteiger partial charge is 0.267 e. The first-order valence-corrected chi connectivity index (χ1v) is 6.90. The zero-order chi connectivity index (χ0) is 14.4. The predicted octanol–water partition coefficient (Wildman–Crippen LogP) is 1.52. The van der Waals surface area contributed by atoms with Gasteiger partial charge in [0.05, 0.1) is 0 Å². The van der Waals surface area contributed by atoms with Crippen molar-refractivity contribution in [3.05, 3.63) is 35.4 Å². The molecule has 0 fully saturated rings. The highest BCUT2D eigenvalue weighted by Gasteiger charge is 2.17. The first-order chi connectivity index (χ1) is 9.69. The highest BCUT2D eigenvalue weighted by molar-refractivity contribution is 6.39. The molecule has 0 aliphatic carbocycles. The molecule has 2 amide bonds. The maximum atomic E-state index is 11.9. The molecule has 0 unspecified atom stereocenters. The Hall–Kier alpha value is -2.17. The highest BCUT2D eigenvalue weighted by atomic mass is 16.2. The molecule has 0 radical (unpaired) electrons. The second-order valence-electron chi connectivity index (χ2n) is 4.84. The van der Waals surface area contributed by atoms with E-state index in [0.29, 0.717) is 25.1 Å². The average Bonchev–Trinajstić information content (AvgIpc) is 2.47. The number of carbonyl (C=O) groups excluding carboxylic acids is 2. The Morgan fingerprint density at radius 2 is 1.95 bits per heavy atom. The Kier molecular flexibility index (Phi) is 4.87. The van der Waals surface area contributed by atoms with Gasteiger partial charge >= 0.3 is 0 Å². The van der Waals surface area contributed by atoms with Crippen molar-refractivity contribution < 1.29 is 9.59 Å². The first kappa shape index (κ1) is 14.2. The third-order valence-electron chi connectivity index (χ3n) is 3.18. The Labute approximate surface area is 118 Å². The Morgan fingerprint density at radius 3 is 2.55 bits per heavy atom. The molecule has 0 spiro atoms. The van der Waals surface area contributed by atoms with Gasteiger partial charge in [-0.25, -0.2) is 5.43 Å². The van der Waals surface area contributed by atoms with Crippen LogP contribution in [0.25, 0.3) is 0 Å². The van der Waals surface area contributed by atoms with Crippen LogP contribution in [0, 0.1) is 0 Å². The summed E-state index contributed by atoms with van der Waals surface area (Å²) >= 11 is 0. The standard InChI is InChI=1S/C15H19N3O2/c1-2-3-11-4-6-12(7-5-11)10-16-15(20)13-8-9-14(19)18-17-13/h4-7H,2-3,8-10H2,1H3,(H,16,20)(H,18,19). The summed E-state index contributed by atoms with van der Waals surface area (Å²) in [6.45, 7) is 2.62. The summed E-state index contributed by atoms with van der Waals surface area (Å²) in [6, 6.07) is 8.22. The fourth-order valence-electron chi connectivity index (χ4n) is 2.03. The fraction of sp³-hybridized carbons (Fsp3) is 0.400. The van der Waals surface area contributed by atoms with E-state index in [4.69, 9.17) is 0 Å². The molecule has 1 aliphatic rings. The van der Waals surface area contributed by atoms with E-state index < -0.39 is 0 Å². The van der Waals surface area contributed by atoms with Gasteiger partial charge in [0.15, 0.2) is 0 Å². The zero-order valence-electron chi connectivity index (χ0n) is 11.6. The second kappa shape index (κ2) is 6.84. The number of hydrogen-bond acceptors (Lipinski definition) is 3. The van der Waals surface area contributed by atoms with Crippen molar-refractivity contribution in [2.45, 2.75) is 39.2 Å². The molecule has 20 heavy (non-hydrogen) atoms. The molecule has 0 saturated carbocycles. The van der Waals surface area contributed by atoms with Crippen LogP contribution in [0.15, 0.2) is 29.4 Å². The van der Waals surface area contributed by atoms with Crippen molar-refractivity contribution >= 4 is 17.5 Å². The third kappa shape index (κ3) is 3.91.